The van der Waals surface area contributed by atoms with E-state index < -0.39 is 6.04 Å². The molecule has 0 N–H and O–H groups in total. The number of para-hydroxylation sites is 1. The normalized spacial score (nSPS) is 20.1. The average molecular weight is 406 g/mol. The summed E-state index contributed by atoms with van der Waals surface area (Å²) in [6, 6.07) is 20.6. The van der Waals surface area contributed by atoms with Crippen molar-refractivity contribution in [1.82, 2.24) is 4.57 Å². The number of aromatic nitrogens is 1. The van der Waals surface area contributed by atoms with Crippen LogP contribution in [0.3, 0.4) is 0 Å². The lowest BCUT2D eigenvalue weighted by molar-refractivity contribution is -0.487. The highest BCUT2D eigenvalue weighted by Crippen LogP contribution is 2.34. The molecule has 1 heterocycles. The van der Waals surface area contributed by atoms with Crippen molar-refractivity contribution in [3.63, 3.8) is 0 Å². The molecule has 0 spiro atoms. The van der Waals surface area contributed by atoms with E-state index in [4.69, 9.17) is 4.74 Å². The van der Waals surface area contributed by atoms with Gasteiger partial charge in [0.1, 0.15) is 6.04 Å². The Balaban J connectivity index is 1.46. The van der Waals surface area contributed by atoms with Crippen molar-refractivity contribution in [2.45, 2.75) is 43.7 Å². The topological polar surface area (TPSA) is 74.4 Å². The van der Waals surface area contributed by atoms with Gasteiger partial charge in [-0.15, -0.1) is 0 Å². The minimum Gasteiger partial charge on any atom is -0.376 e. The van der Waals surface area contributed by atoms with Crippen LogP contribution in [-0.2, 0) is 4.74 Å². The first kappa shape index (κ1) is 20.3. The van der Waals surface area contributed by atoms with E-state index in [-0.39, 0.29) is 29.7 Å². The monoisotopic (exact) mass is 406 g/mol. The molecule has 0 bridgehead atoms. The first-order valence-corrected chi connectivity index (χ1v) is 10.5. The third-order valence-corrected chi connectivity index (χ3v) is 6.03. The van der Waals surface area contributed by atoms with Gasteiger partial charge >= 0.3 is 0 Å². The van der Waals surface area contributed by atoms with Crippen molar-refractivity contribution >= 4 is 10.9 Å². The SMILES string of the molecule is O=c1ccc2ccccc2n1C(COC1CCC(c2ccccc2)CC1)C[N+](=O)[O-]. The molecule has 0 amide bonds. The van der Waals surface area contributed by atoms with Crippen LogP contribution < -0.4 is 5.56 Å². The third kappa shape index (κ3) is 4.60. The van der Waals surface area contributed by atoms with E-state index in [1.165, 1.54) is 16.2 Å². The maximum atomic E-state index is 12.6. The van der Waals surface area contributed by atoms with Gasteiger partial charge < -0.3 is 4.74 Å². The summed E-state index contributed by atoms with van der Waals surface area (Å²) in [5, 5.41) is 12.2. The first-order valence-electron chi connectivity index (χ1n) is 10.5. The van der Waals surface area contributed by atoms with Crippen LogP contribution in [0.15, 0.2) is 71.5 Å². The maximum Gasteiger partial charge on any atom is 0.251 e. The van der Waals surface area contributed by atoms with E-state index >= 15 is 0 Å². The molecule has 1 atom stereocenters. The Bertz CT molecular complexity index is 1060. The predicted octanol–water partition coefficient (Wildman–Crippen LogP) is 4.56. The second-order valence-corrected chi connectivity index (χ2v) is 7.99. The number of hydrogen-bond acceptors (Lipinski definition) is 4. The molecule has 6 nitrogen and oxygen atoms in total. The van der Waals surface area contributed by atoms with Gasteiger partial charge in [0.2, 0.25) is 6.54 Å². The highest BCUT2D eigenvalue weighted by atomic mass is 16.6. The van der Waals surface area contributed by atoms with Crippen LogP contribution in [0.25, 0.3) is 10.9 Å². The lowest BCUT2D eigenvalue weighted by Crippen LogP contribution is -2.34. The molecule has 1 aliphatic rings. The van der Waals surface area contributed by atoms with Gasteiger partial charge in [-0.05, 0) is 54.7 Å². The summed E-state index contributed by atoms with van der Waals surface area (Å²) < 4.78 is 7.65. The van der Waals surface area contributed by atoms with Gasteiger partial charge in [-0.3, -0.25) is 19.5 Å². The van der Waals surface area contributed by atoms with Crippen LogP contribution in [0.2, 0.25) is 0 Å². The molecule has 1 unspecified atom stereocenters. The molecule has 1 fully saturated rings. The zero-order valence-corrected chi connectivity index (χ0v) is 16.9. The van der Waals surface area contributed by atoms with E-state index in [0.717, 1.165) is 31.1 Å². The molecule has 1 aliphatic carbocycles. The zero-order valence-electron chi connectivity index (χ0n) is 16.9. The summed E-state index contributed by atoms with van der Waals surface area (Å²) in [6.07, 6.45) is 4.01. The molecule has 1 saturated carbocycles. The molecule has 156 valence electrons. The minimum atomic E-state index is -0.634. The number of benzene rings is 2. The fraction of sp³-hybridized carbons (Fsp3) is 0.375. The summed E-state index contributed by atoms with van der Waals surface area (Å²) in [6.45, 7) is -0.178. The molecule has 0 radical (unpaired) electrons. The molecular weight excluding hydrogens is 380 g/mol. The average Bonchev–Trinajstić information content (AvgIpc) is 2.77. The van der Waals surface area contributed by atoms with Gasteiger partial charge in [0, 0.05) is 11.0 Å². The van der Waals surface area contributed by atoms with Crippen molar-refractivity contribution in [3.8, 4) is 0 Å². The van der Waals surface area contributed by atoms with Crippen molar-refractivity contribution in [2.24, 2.45) is 0 Å². The summed E-state index contributed by atoms with van der Waals surface area (Å²) >= 11 is 0. The van der Waals surface area contributed by atoms with Gasteiger partial charge in [0.05, 0.1) is 18.2 Å². The number of ether oxygens (including phenoxy) is 1. The minimum absolute atomic E-state index is 0.0740. The third-order valence-electron chi connectivity index (χ3n) is 6.03. The lowest BCUT2D eigenvalue weighted by atomic mass is 9.83. The van der Waals surface area contributed by atoms with Gasteiger partial charge in [0.15, 0.2) is 0 Å². The van der Waals surface area contributed by atoms with Crippen LogP contribution in [0.1, 0.15) is 43.2 Å². The second kappa shape index (κ2) is 9.22. The quantitative estimate of drug-likeness (QED) is 0.426. The molecule has 30 heavy (non-hydrogen) atoms. The van der Waals surface area contributed by atoms with Crippen LogP contribution in [0, 0.1) is 10.1 Å². The molecule has 0 saturated heterocycles. The van der Waals surface area contributed by atoms with E-state index in [0.29, 0.717) is 11.4 Å². The van der Waals surface area contributed by atoms with Crippen molar-refractivity contribution in [3.05, 3.63) is 92.8 Å². The standard InChI is InChI=1S/C24H26N2O4/c27-24-15-12-20-8-4-5-9-23(20)26(24)21(16-25(28)29)17-30-22-13-10-19(11-14-22)18-6-2-1-3-7-18/h1-9,12,15,19,21-22H,10-11,13-14,16-17H2. The summed E-state index contributed by atoms with van der Waals surface area (Å²) in [7, 11) is 0. The fourth-order valence-corrected chi connectivity index (χ4v) is 4.50. The molecular formula is C24H26N2O4. The van der Waals surface area contributed by atoms with E-state index in [2.05, 4.69) is 24.3 Å². The Morgan fingerprint density at radius 2 is 1.67 bits per heavy atom. The van der Waals surface area contributed by atoms with E-state index in [9.17, 15) is 14.9 Å². The summed E-state index contributed by atoms with van der Waals surface area (Å²) in [4.78, 5) is 23.5. The van der Waals surface area contributed by atoms with Crippen LogP contribution >= 0.6 is 0 Å². The smallest absolute Gasteiger partial charge is 0.251 e. The fourth-order valence-electron chi connectivity index (χ4n) is 4.50. The summed E-state index contributed by atoms with van der Waals surface area (Å²) in [5.74, 6) is 0.543. The maximum absolute atomic E-state index is 12.6. The largest absolute Gasteiger partial charge is 0.376 e. The number of pyridine rings is 1. The molecule has 4 rings (SSSR count). The van der Waals surface area contributed by atoms with E-state index in [1.807, 2.05) is 30.3 Å². The molecule has 1 aromatic heterocycles. The lowest BCUT2D eigenvalue weighted by Gasteiger charge is -2.30. The number of fused-ring (bicyclic) bond motifs is 1. The predicted molar refractivity (Wildman–Crippen MR) is 116 cm³/mol. The Kier molecular flexibility index (Phi) is 6.23. The van der Waals surface area contributed by atoms with Crippen LogP contribution in [-0.4, -0.2) is 28.7 Å². The Hall–Kier alpha value is -2.99. The first-order chi connectivity index (χ1) is 14.6. The van der Waals surface area contributed by atoms with Crippen molar-refractivity contribution in [1.29, 1.82) is 0 Å². The Morgan fingerprint density at radius 1 is 0.967 bits per heavy atom. The van der Waals surface area contributed by atoms with Gasteiger partial charge in [-0.25, -0.2) is 0 Å². The molecule has 6 heteroatoms. The number of hydrogen-bond donors (Lipinski definition) is 0. The molecule has 0 aliphatic heterocycles. The van der Waals surface area contributed by atoms with Crippen LogP contribution in [0.4, 0.5) is 0 Å². The summed E-state index contributed by atoms with van der Waals surface area (Å²) in [5.41, 5.74) is 1.83. The van der Waals surface area contributed by atoms with E-state index in [1.54, 1.807) is 6.07 Å². The number of rotatable bonds is 7. The Morgan fingerprint density at radius 3 is 2.40 bits per heavy atom. The Labute approximate surface area is 175 Å². The number of nitro groups is 1. The highest BCUT2D eigenvalue weighted by Gasteiger charge is 2.26. The van der Waals surface area contributed by atoms with Crippen molar-refractivity contribution < 1.29 is 9.66 Å². The second-order valence-electron chi connectivity index (χ2n) is 7.99. The van der Waals surface area contributed by atoms with Crippen LogP contribution in [0.5, 0.6) is 0 Å². The zero-order chi connectivity index (χ0) is 20.9. The van der Waals surface area contributed by atoms with Gasteiger partial charge in [-0.2, -0.15) is 0 Å². The van der Waals surface area contributed by atoms with Crippen molar-refractivity contribution in [2.75, 3.05) is 13.2 Å². The highest BCUT2D eigenvalue weighted by molar-refractivity contribution is 5.78. The molecule has 3 aromatic rings. The van der Waals surface area contributed by atoms with Gasteiger partial charge in [-0.1, -0.05) is 48.5 Å². The van der Waals surface area contributed by atoms with Gasteiger partial charge in [0.25, 0.3) is 5.56 Å². The number of nitrogens with zero attached hydrogens (tertiary/aromatic N) is 2. The molecule has 2 aromatic carbocycles.